The Balaban J connectivity index is 2.44. The van der Waals surface area contributed by atoms with E-state index >= 15 is 0 Å². The summed E-state index contributed by atoms with van der Waals surface area (Å²) < 4.78 is 2.27. The van der Waals surface area contributed by atoms with Gasteiger partial charge in [-0.1, -0.05) is 45.0 Å². The van der Waals surface area contributed by atoms with E-state index in [1.807, 2.05) is 0 Å². The highest BCUT2D eigenvalue weighted by atomic mass is 14.9. The maximum absolute atomic E-state index is 2.34. The average molecular weight is 237 g/mol. The highest BCUT2D eigenvalue weighted by molar-refractivity contribution is 6.08. The smallest absolute Gasteiger partial charge is 0.0488 e. The van der Waals surface area contributed by atoms with E-state index in [1.165, 1.54) is 27.4 Å². The van der Waals surface area contributed by atoms with Crippen molar-refractivity contribution >= 4 is 21.8 Å². The Morgan fingerprint density at radius 1 is 0.833 bits per heavy atom. The predicted molar refractivity (Wildman–Crippen MR) is 79.1 cm³/mol. The maximum Gasteiger partial charge on any atom is 0.0488 e. The van der Waals surface area contributed by atoms with Gasteiger partial charge in [-0.05, 0) is 29.2 Å². The van der Waals surface area contributed by atoms with Crippen molar-refractivity contribution in [3.63, 3.8) is 0 Å². The lowest BCUT2D eigenvalue weighted by Crippen LogP contribution is -2.10. The molecule has 0 radical (unpaired) electrons. The second-order valence-electron chi connectivity index (χ2n) is 6.06. The molecule has 0 saturated carbocycles. The van der Waals surface area contributed by atoms with Crippen LogP contribution in [0.1, 0.15) is 26.3 Å². The topological polar surface area (TPSA) is 4.93 Å². The van der Waals surface area contributed by atoms with Crippen LogP contribution in [-0.4, -0.2) is 4.57 Å². The zero-order valence-electron chi connectivity index (χ0n) is 11.5. The van der Waals surface area contributed by atoms with Crippen LogP contribution in [0, 0.1) is 0 Å². The third-order valence-corrected chi connectivity index (χ3v) is 3.78. The fraction of sp³-hybridized carbons (Fsp3) is 0.294. The van der Waals surface area contributed by atoms with Crippen molar-refractivity contribution in [3.8, 4) is 0 Å². The monoisotopic (exact) mass is 237 g/mol. The number of hydrogen-bond donors (Lipinski definition) is 0. The van der Waals surface area contributed by atoms with Crippen LogP contribution in [0.15, 0.2) is 42.5 Å². The van der Waals surface area contributed by atoms with Crippen LogP contribution in [0.4, 0.5) is 0 Å². The summed E-state index contributed by atoms with van der Waals surface area (Å²) in [6, 6.07) is 15.5. The number of benzene rings is 2. The van der Waals surface area contributed by atoms with Crippen LogP contribution < -0.4 is 0 Å². The molecule has 0 amide bonds. The predicted octanol–water partition coefficient (Wildman–Crippen LogP) is 4.63. The van der Waals surface area contributed by atoms with Crippen molar-refractivity contribution in [2.24, 2.45) is 7.05 Å². The molecule has 1 heterocycles. The number of hydrogen-bond acceptors (Lipinski definition) is 0. The Hall–Kier alpha value is -1.76. The van der Waals surface area contributed by atoms with Crippen LogP contribution in [-0.2, 0) is 12.5 Å². The molecule has 0 spiro atoms. The Labute approximate surface area is 108 Å². The first kappa shape index (κ1) is 11.3. The molecule has 1 aromatic heterocycles. The molecule has 0 saturated heterocycles. The number of aryl methyl sites for hydroxylation is 1. The maximum atomic E-state index is 2.34. The highest BCUT2D eigenvalue weighted by Crippen LogP contribution is 2.32. The first-order chi connectivity index (χ1) is 8.48. The molecule has 0 unspecified atom stereocenters. The quantitative estimate of drug-likeness (QED) is 0.537. The van der Waals surface area contributed by atoms with Gasteiger partial charge in [0.25, 0.3) is 0 Å². The first-order valence-electron chi connectivity index (χ1n) is 6.46. The van der Waals surface area contributed by atoms with Gasteiger partial charge in [0.05, 0.1) is 0 Å². The molecule has 3 rings (SSSR count). The van der Waals surface area contributed by atoms with Crippen LogP contribution >= 0.6 is 0 Å². The normalized spacial score (nSPS) is 12.4. The van der Waals surface area contributed by atoms with E-state index in [1.54, 1.807) is 0 Å². The molecule has 0 N–H and O–H groups in total. The van der Waals surface area contributed by atoms with Gasteiger partial charge in [-0.25, -0.2) is 0 Å². The fourth-order valence-corrected chi connectivity index (χ4v) is 2.63. The summed E-state index contributed by atoms with van der Waals surface area (Å²) in [4.78, 5) is 0. The van der Waals surface area contributed by atoms with Crippen molar-refractivity contribution in [1.29, 1.82) is 0 Å². The van der Waals surface area contributed by atoms with Gasteiger partial charge in [-0.15, -0.1) is 0 Å². The molecule has 2 aromatic carbocycles. The van der Waals surface area contributed by atoms with Gasteiger partial charge < -0.3 is 4.57 Å². The van der Waals surface area contributed by atoms with Gasteiger partial charge in [0, 0.05) is 28.9 Å². The van der Waals surface area contributed by atoms with Gasteiger partial charge in [-0.2, -0.15) is 0 Å². The van der Waals surface area contributed by atoms with Gasteiger partial charge >= 0.3 is 0 Å². The summed E-state index contributed by atoms with van der Waals surface area (Å²) in [5.74, 6) is 0. The Bertz CT molecular complexity index is 726. The van der Waals surface area contributed by atoms with Crippen molar-refractivity contribution in [2.45, 2.75) is 26.2 Å². The lowest BCUT2D eigenvalue weighted by atomic mass is 9.86. The number of rotatable bonds is 0. The molecule has 0 bridgehead atoms. The van der Waals surface area contributed by atoms with Gasteiger partial charge in [-0.3, -0.25) is 0 Å². The average Bonchev–Trinajstić information content (AvgIpc) is 2.63. The standard InChI is InChI=1S/C17H19N/c1-17(2,3)12-9-10-16-14(11-12)13-7-5-6-8-15(13)18(16)4/h5-11H,1-4H3. The summed E-state index contributed by atoms with van der Waals surface area (Å²) in [6.45, 7) is 6.79. The van der Waals surface area contributed by atoms with Gasteiger partial charge in [0.15, 0.2) is 0 Å². The summed E-state index contributed by atoms with van der Waals surface area (Å²) in [6.07, 6.45) is 0. The van der Waals surface area contributed by atoms with E-state index in [2.05, 4.69) is 74.9 Å². The minimum Gasteiger partial charge on any atom is -0.344 e. The molecule has 0 aliphatic rings. The lowest BCUT2D eigenvalue weighted by molar-refractivity contribution is 0.591. The first-order valence-corrected chi connectivity index (χ1v) is 6.46. The molecule has 0 atom stereocenters. The molecule has 92 valence electrons. The van der Waals surface area contributed by atoms with Crippen molar-refractivity contribution in [1.82, 2.24) is 4.57 Å². The summed E-state index contributed by atoms with van der Waals surface area (Å²) in [5, 5.41) is 2.71. The molecule has 3 aromatic rings. The summed E-state index contributed by atoms with van der Waals surface area (Å²) in [7, 11) is 2.14. The molecule has 0 fully saturated rings. The van der Waals surface area contributed by atoms with E-state index in [4.69, 9.17) is 0 Å². The highest BCUT2D eigenvalue weighted by Gasteiger charge is 2.15. The van der Waals surface area contributed by atoms with E-state index in [9.17, 15) is 0 Å². The fourth-order valence-electron chi connectivity index (χ4n) is 2.63. The second-order valence-corrected chi connectivity index (χ2v) is 6.06. The molecular weight excluding hydrogens is 218 g/mol. The third kappa shape index (κ3) is 1.54. The molecule has 0 aliphatic carbocycles. The van der Waals surface area contributed by atoms with Gasteiger partial charge in [0.2, 0.25) is 0 Å². The molecule has 0 aliphatic heterocycles. The van der Waals surface area contributed by atoms with Crippen molar-refractivity contribution in [3.05, 3.63) is 48.0 Å². The Morgan fingerprint density at radius 3 is 2.22 bits per heavy atom. The van der Waals surface area contributed by atoms with Crippen LogP contribution in [0.25, 0.3) is 21.8 Å². The molecule has 18 heavy (non-hydrogen) atoms. The largest absolute Gasteiger partial charge is 0.344 e. The number of aromatic nitrogens is 1. The zero-order valence-corrected chi connectivity index (χ0v) is 11.5. The SMILES string of the molecule is Cn1c2ccccc2c2cc(C(C)(C)C)ccc21. The number of nitrogens with zero attached hydrogens (tertiary/aromatic N) is 1. The van der Waals surface area contributed by atoms with E-state index in [0.29, 0.717) is 0 Å². The lowest BCUT2D eigenvalue weighted by Gasteiger charge is -2.19. The molecule has 1 heteroatoms. The minimum atomic E-state index is 0.200. The van der Waals surface area contributed by atoms with Crippen molar-refractivity contribution in [2.75, 3.05) is 0 Å². The number of para-hydroxylation sites is 1. The van der Waals surface area contributed by atoms with Crippen LogP contribution in [0.3, 0.4) is 0 Å². The van der Waals surface area contributed by atoms with E-state index in [-0.39, 0.29) is 5.41 Å². The Kier molecular flexibility index (Phi) is 2.28. The minimum absolute atomic E-state index is 0.200. The molecular formula is C17H19N. The van der Waals surface area contributed by atoms with Gasteiger partial charge in [0.1, 0.15) is 0 Å². The summed E-state index contributed by atoms with van der Waals surface area (Å²) >= 11 is 0. The number of fused-ring (bicyclic) bond motifs is 3. The van der Waals surface area contributed by atoms with Crippen LogP contribution in [0.5, 0.6) is 0 Å². The van der Waals surface area contributed by atoms with E-state index < -0.39 is 0 Å². The third-order valence-electron chi connectivity index (χ3n) is 3.78. The molecule has 1 nitrogen and oxygen atoms in total. The Morgan fingerprint density at radius 2 is 1.50 bits per heavy atom. The van der Waals surface area contributed by atoms with Crippen molar-refractivity contribution < 1.29 is 0 Å². The van der Waals surface area contributed by atoms with E-state index in [0.717, 1.165) is 0 Å². The van der Waals surface area contributed by atoms with Crippen LogP contribution in [0.2, 0.25) is 0 Å². The summed E-state index contributed by atoms with van der Waals surface area (Å²) in [5.41, 5.74) is 4.21. The zero-order chi connectivity index (χ0) is 12.9. The second kappa shape index (κ2) is 3.61.